The molecule has 0 N–H and O–H groups in total. The first-order valence-corrected chi connectivity index (χ1v) is 11.1. The fourth-order valence-electron chi connectivity index (χ4n) is 2.87. The highest BCUT2D eigenvalue weighted by molar-refractivity contribution is 9.10. The van der Waals surface area contributed by atoms with Crippen molar-refractivity contribution in [3.05, 3.63) is 105 Å². The third-order valence-corrected chi connectivity index (χ3v) is 5.80. The van der Waals surface area contributed by atoms with Crippen LogP contribution in [-0.4, -0.2) is 22.2 Å². The summed E-state index contributed by atoms with van der Waals surface area (Å²) in [6.45, 7) is 0.295. The van der Waals surface area contributed by atoms with Crippen LogP contribution < -0.4 is 0 Å². The normalized spacial score (nSPS) is 17.1. The highest BCUT2D eigenvalue weighted by atomic mass is 79.9. The molecule has 0 bridgehead atoms. The van der Waals surface area contributed by atoms with Crippen LogP contribution >= 0.6 is 27.7 Å². The van der Waals surface area contributed by atoms with Crippen molar-refractivity contribution in [2.24, 2.45) is 10.2 Å². The van der Waals surface area contributed by atoms with E-state index in [9.17, 15) is 4.79 Å². The van der Waals surface area contributed by atoms with E-state index in [0.29, 0.717) is 22.4 Å². The first-order chi connectivity index (χ1) is 15.2. The van der Waals surface area contributed by atoms with Crippen molar-refractivity contribution >= 4 is 57.1 Å². The molecule has 1 fully saturated rings. The number of furan rings is 1. The van der Waals surface area contributed by atoms with Gasteiger partial charge < -0.3 is 4.42 Å². The molecule has 0 spiro atoms. The smallest absolute Gasteiger partial charge is 0.267 e. The summed E-state index contributed by atoms with van der Waals surface area (Å²) in [5.74, 6) is 0.550. The third kappa shape index (κ3) is 5.71. The first kappa shape index (κ1) is 21.1. The molecule has 3 aromatic rings. The molecular formula is C24H18BrN3O2S. The quantitative estimate of drug-likeness (QED) is 0.233. The minimum atomic E-state index is -0.129. The van der Waals surface area contributed by atoms with Gasteiger partial charge in [0.05, 0.1) is 17.7 Å². The number of benzene rings is 2. The first-order valence-electron chi connectivity index (χ1n) is 9.51. The Morgan fingerprint density at radius 3 is 2.65 bits per heavy atom. The monoisotopic (exact) mass is 491 g/mol. The zero-order valence-corrected chi connectivity index (χ0v) is 18.8. The van der Waals surface area contributed by atoms with Crippen molar-refractivity contribution < 1.29 is 9.21 Å². The molecule has 0 radical (unpaired) electrons. The SMILES string of the molecule is O=C1/C(=C/c2cccc(Br)c2)S\C(=N/N=C/C=C/c2ccccc2)N1Cc1ccco1. The Bertz CT molecular complexity index is 1170. The second-order valence-corrected chi connectivity index (χ2v) is 8.48. The van der Waals surface area contributed by atoms with Gasteiger partial charge in [0.15, 0.2) is 5.17 Å². The molecule has 5 nitrogen and oxygen atoms in total. The summed E-state index contributed by atoms with van der Waals surface area (Å²) in [5, 5.41) is 8.93. The van der Waals surface area contributed by atoms with Crippen molar-refractivity contribution in [1.29, 1.82) is 0 Å². The molecule has 0 aliphatic carbocycles. The number of amidine groups is 1. The molecule has 1 amide bonds. The molecule has 2 aromatic carbocycles. The number of hydrogen-bond donors (Lipinski definition) is 0. The van der Waals surface area contributed by atoms with Gasteiger partial charge in [0, 0.05) is 10.7 Å². The highest BCUT2D eigenvalue weighted by Crippen LogP contribution is 2.34. The summed E-state index contributed by atoms with van der Waals surface area (Å²) < 4.78 is 6.37. The summed E-state index contributed by atoms with van der Waals surface area (Å²) in [6.07, 6.45) is 8.80. The van der Waals surface area contributed by atoms with E-state index in [1.165, 1.54) is 11.8 Å². The summed E-state index contributed by atoms with van der Waals surface area (Å²) in [6, 6.07) is 21.3. The van der Waals surface area contributed by atoms with Crippen LogP contribution in [-0.2, 0) is 11.3 Å². The zero-order chi connectivity index (χ0) is 21.5. The molecule has 0 saturated carbocycles. The fourth-order valence-corrected chi connectivity index (χ4v) is 4.22. The van der Waals surface area contributed by atoms with Crippen molar-refractivity contribution in [2.45, 2.75) is 6.54 Å². The van der Waals surface area contributed by atoms with E-state index in [2.05, 4.69) is 26.1 Å². The lowest BCUT2D eigenvalue weighted by atomic mass is 10.2. The number of allylic oxidation sites excluding steroid dienone is 1. The maximum atomic E-state index is 13.0. The lowest BCUT2D eigenvalue weighted by Gasteiger charge is -2.12. The van der Waals surface area contributed by atoms with Crippen LogP contribution in [0, 0.1) is 0 Å². The van der Waals surface area contributed by atoms with Gasteiger partial charge >= 0.3 is 0 Å². The molecule has 1 aliphatic rings. The molecule has 4 rings (SSSR count). The van der Waals surface area contributed by atoms with E-state index < -0.39 is 0 Å². The van der Waals surface area contributed by atoms with Crippen LogP contribution in [0.1, 0.15) is 16.9 Å². The van der Waals surface area contributed by atoms with Gasteiger partial charge in [-0.3, -0.25) is 9.69 Å². The average Bonchev–Trinajstić information content (AvgIpc) is 3.39. The number of carbonyl (C=O) groups is 1. The van der Waals surface area contributed by atoms with Gasteiger partial charge in [0.2, 0.25) is 0 Å². The van der Waals surface area contributed by atoms with Gasteiger partial charge in [-0.2, -0.15) is 5.10 Å². The Morgan fingerprint density at radius 1 is 1.03 bits per heavy atom. The second-order valence-electron chi connectivity index (χ2n) is 6.55. The lowest BCUT2D eigenvalue weighted by molar-refractivity contribution is -0.122. The minimum absolute atomic E-state index is 0.129. The van der Waals surface area contributed by atoms with Gasteiger partial charge in [0.25, 0.3) is 5.91 Å². The number of nitrogens with zero attached hydrogens (tertiary/aromatic N) is 3. The highest BCUT2D eigenvalue weighted by Gasteiger charge is 2.34. The van der Waals surface area contributed by atoms with Crippen molar-refractivity contribution in [1.82, 2.24) is 4.90 Å². The number of amides is 1. The molecule has 1 aromatic heterocycles. The largest absolute Gasteiger partial charge is 0.467 e. The molecule has 154 valence electrons. The number of rotatable bonds is 6. The molecule has 2 heterocycles. The topological polar surface area (TPSA) is 58.2 Å². The van der Waals surface area contributed by atoms with Crippen LogP contribution in [0.2, 0.25) is 0 Å². The number of hydrogen-bond acceptors (Lipinski definition) is 5. The standard InChI is InChI=1S/C24H18BrN3O2S/c25-20-11-4-9-19(15-20)16-22-23(29)28(17-21-12-6-14-30-21)24(31-22)27-26-13-5-10-18-7-2-1-3-8-18/h1-16H,17H2/b10-5+,22-16-,26-13+,27-24-. The predicted octanol–water partition coefficient (Wildman–Crippen LogP) is 6.21. The molecule has 0 unspecified atom stereocenters. The summed E-state index contributed by atoms with van der Waals surface area (Å²) in [4.78, 5) is 15.2. The molecule has 0 atom stereocenters. The maximum Gasteiger partial charge on any atom is 0.267 e. The Kier molecular flexibility index (Phi) is 6.96. The Labute approximate surface area is 193 Å². The van der Waals surface area contributed by atoms with E-state index in [0.717, 1.165) is 15.6 Å². The van der Waals surface area contributed by atoms with E-state index in [1.807, 2.05) is 78.9 Å². The van der Waals surface area contributed by atoms with Crippen molar-refractivity contribution in [2.75, 3.05) is 0 Å². The van der Waals surface area contributed by atoms with Crippen LogP contribution in [0.25, 0.3) is 12.2 Å². The van der Waals surface area contributed by atoms with Gasteiger partial charge in [0.1, 0.15) is 5.76 Å². The van der Waals surface area contributed by atoms with Crippen LogP contribution in [0.5, 0.6) is 0 Å². The molecular weight excluding hydrogens is 474 g/mol. The van der Waals surface area contributed by atoms with Gasteiger partial charge in [-0.1, -0.05) is 64.5 Å². The molecule has 31 heavy (non-hydrogen) atoms. The zero-order valence-electron chi connectivity index (χ0n) is 16.4. The minimum Gasteiger partial charge on any atom is -0.467 e. The predicted molar refractivity (Wildman–Crippen MR) is 130 cm³/mol. The molecule has 1 saturated heterocycles. The third-order valence-electron chi connectivity index (χ3n) is 4.31. The summed E-state index contributed by atoms with van der Waals surface area (Å²) >= 11 is 4.76. The van der Waals surface area contributed by atoms with Gasteiger partial charge in [-0.15, -0.1) is 5.10 Å². The molecule has 7 heteroatoms. The van der Waals surface area contributed by atoms with Crippen molar-refractivity contribution in [3.63, 3.8) is 0 Å². The Morgan fingerprint density at radius 2 is 1.87 bits per heavy atom. The van der Waals surface area contributed by atoms with E-state index in [-0.39, 0.29) is 5.91 Å². The second kappa shape index (κ2) is 10.2. The van der Waals surface area contributed by atoms with E-state index in [4.69, 9.17) is 4.42 Å². The summed E-state index contributed by atoms with van der Waals surface area (Å²) in [5.41, 5.74) is 2.00. The fraction of sp³-hybridized carbons (Fsp3) is 0.0417. The number of carbonyl (C=O) groups excluding carboxylic acids is 1. The van der Waals surface area contributed by atoms with E-state index >= 15 is 0 Å². The van der Waals surface area contributed by atoms with Gasteiger partial charge in [-0.05, 0) is 59.3 Å². The Balaban J connectivity index is 1.55. The number of thioether (sulfide) groups is 1. The van der Waals surface area contributed by atoms with Crippen LogP contribution in [0.3, 0.4) is 0 Å². The average molecular weight is 492 g/mol. The summed E-state index contributed by atoms with van der Waals surface area (Å²) in [7, 11) is 0. The van der Waals surface area contributed by atoms with E-state index in [1.54, 1.807) is 23.4 Å². The van der Waals surface area contributed by atoms with Gasteiger partial charge in [-0.25, -0.2) is 0 Å². The Hall–Kier alpha value is -3.16. The van der Waals surface area contributed by atoms with Crippen LogP contribution in [0.15, 0.2) is 103 Å². The van der Waals surface area contributed by atoms with Crippen molar-refractivity contribution in [3.8, 4) is 0 Å². The number of halogens is 1. The molecule has 1 aliphatic heterocycles. The van der Waals surface area contributed by atoms with Crippen LogP contribution in [0.4, 0.5) is 0 Å². The lowest BCUT2D eigenvalue weighted by Crippen LogP contribution is -2.28. The maximum absolute atomic E-state index is 13.0.